The van der Waals surface area contributed by atoms with Crippen molar-refractivity contribution in [3.05, 3.63) is 41.0 Å². The van der Waals surface area contributed by atoms with Crippen molar-refractivity contribution in [2.24, 2.45) is 0 Å². The first kappa shape index (κ1) is 10.3. The highest BCUT2D eigenvalue weighted by atomic mass is 16.1. The van der Waals surface area contributed by atoms with Gasteiger partial charge >= 0.3 is 0 Å². The Kier molecular flexibility index (Phi) is 2.02. The molecule has 0 unspecified atom stereocenters. The van der Waals surface area contributed by atoms with E-state index in [1.807, 2.05) is 0 Å². The van der Waals surface area contributed by atoms with Gasteiger partial charge in [0.25, 0.3) is 0 Å². The second-order valence-corrected chi connectivity index (χ2v) is 4.83. The van der Waals surface area contributed by atoms with Crippen LogP contribution >= 0.6 is 0 Å². The number of nitrogens with zero attached hydrogens (tertiary/aromatic N) is 1. The molecular weight excluding hydrogens is 210 g/mol. The van der Waals surface area contributed by atoms with Crippen LogP contribution in [0, 0.1) is 13.8 Å². The van der Waals surface area contributed by atoms with E-state index in [9.17, 15) is 4.79 Å². The average Bonchev–Trinajstić information content (AvgIpc) is 2.73. The van der Waals surface area contributed by atoms with E-state index in [1.165, 1.54) is 33.2 Å². The molecule has 0 spiro atoms. The Balaban J connectivity index is 2.47. The number of hydrogen-bond donors (Lipinski definition) is 0. The molecule has 86 valence electrons. The third-order valence-corrected chi connectivity index (χ3v) is 3.52. The topological polar surface area (TPSA) is 21.5 Å². The molecule has 0 atom stereocenters. The van der Waals surface area contributed by atoms with E-state index in [-0.39, 0.29) is 5.78 Å². The van der Waals surface area contributed by atoms with Crippen LogP contribution < -0.4 is 0 Å². The van der Waals surface area contributed by atoms with Crippen LogP contribution in [-0.4, -0.2) is 10.2 Å². The highest BCUT2D eigenvalue weighted by Crippen LogP contribution is 2.31. The zero-order chi connectivity index (χ0) is 12.2. The summed E-state index contributed by atoms with van der Waals surface area (Å²) in [6.07, 6.45) is 0.534. The molecular formula is C15H15NO. The first-order valence-corrected chi connectivity index (χ1v) is 5.90. The van der Waals surface area contributed by atoms with Crippen molar-refractivity contribution in [1.82, 2.24) is 4.40 Å². The molecule has 3 aromatic heterocycles. The van der Waals surface area contributed by atoms with Gasteiger partial charge in [-0.2, -0.15) is 0 Å². The van der Waals surface area contributed by atoms with Gasteiger partial charge in [-0.05, 0) is 55.7 Å². The summed E-state index contributed by atoms with van der Waals surface area (Å²) in [5.74, 6) is 0.222. The number of aryl methyl sites for hydroxylation is 2. The van der Waals surface area contributed by atoms with Gasteiger partial charge in [-0.3, -0.25) is 4.79 Å². The Morgan fingerprint density at radius 3 is 2.76 bits per heavy atom. The molecule has 0 aromatic carbocycles. The van der Waals surface area contributed by atoms with Crippen molar-refractivity contribution in [3.63, 3.8) is 0 Å². The minimum atomic E-state index is 0.222. The maximum Gasteiger partial charge on any atom is 0.134 e. The quantitative estimate of drug-likeness (QED) is 0.656. The van der Waals surface area contributed by atoms with Crippen LogP contribution in [0.2, 0.25) is 0 Å². The van der Waals surface area contributed by atoms with Gasteiger partial charge in [0.2, 0.25) is 0 Å². The van der Waals surface area contributed by atoms with Crippen LogP contribution in [-0.2, 0) is 11.2 Å². The van der Waals surface area contributed by atoms with Crippen LogP contribution in [0.5, 0.6) is 0 Å². The Hall–Kier alpha value is -1.83. The standard InChI is InChI=1S/C15H15NO/c1-9-7-12-5-4-6-14-13(8-10(2)17)11(3)15(9)16(12)14/h4-7H,8H2,1-3H3. The van der Waals surface area contributed by atoms with Crippen molar-refractivity contribution in [2.45, 2.75) is 27.2 Å². The summed E-state index contributed by atoms with van der Waals surface area (Å²) in [5, 5.41) is 0. The zero-order valence-corrected chi connectivity index (χ0v) is 10.4. The smallest absolute Gasteiger partial charge is 0.134 e. The van der Waals surface area contributed by atoms with Gasteiger partial charge in [0, 0.05) is 11.9 Å². The lowest BCUT2D eigenvalue weighted by atomic mass is 10.0. The normalized spacial score (nSPS) is 11.7. The first-order chi connectivity index (χ1) is 8.09. The molecule has 0 bridgehead atoms. The molecule has 2 nitrogen and oxygen atoms in total. The van der Waals surface area contributed by atoms with Crippen LogP contribution in [0.4, 0.5) is 0 Å². The molecule has 3 aromatic rings. The number of carbonyl (C=O) groups excluding carboxylic acids is 1. The Morgan fingerprint density at radius 2 is 2.06 bits per heavy atom. The van der Waals surface area contributed by atoms with Crippen molar-refractivity contribution in [1.29, 1.82) is 0 Å². The van der Waals surface area contributed by atoms with Crippen molar-refractivity contribution < 1.29 is 4.79 Å². The van der Waals surface area contributed by atoms with E-state index in [1.54, 1.807) is 6.92 Å². The Bertz CT molecular complexity index is 721. The molecule has 3 heterocycles. The van der Waals surface area contributed by atoms with Gasteiger partial charge in [-0.1, -0.05) is 6.07 Å². The first-order valence-electron chi connectivity index (χ1n) is 5.90. The number of pyridine rings is 1. The van der Waals surface area contributed by atoms with Gasteiger partial charge in [0.1, 0.15) is 5.78 Å². The van der Waals surface area contributed by atoms with Gasteiger partial charge in [0.05, 0.1) is 11.0 Å². The summed E-state index contributed by atoms with van der Waals surface area (Å²) < 4.78 is 2.27. The lowest BCUT2D eigenvalue weighted by molar-refractivity contribution is -0.116. The maximum atomic E-state index is 11.4. The van der Waals surface area contributed by atoms with Crippen molar-refractivity contribution in [2.75, 3.05) is 0 Å². The molecule has 0 saturated heterocycles. The summed E-state index contributed by atoms with van der Waals surface area (Å²) >= 11 is 0. The number of hydrogen-bond acceptors (Lipinski definition) is 1. The predicted molar refractivity (Wildman–Crippen MR) is 69.9 cm³/mol. The fourth-order valence-electron chi connectivity index (χ4n) is 2.86. The molecule has 0 fully saturated rings. The second-order valence-electron chi connectivity index (χ2n) is 4.83. The molecule has 0 aliphatic heterocycles. The van der Waals surface area contributed by atoms with Crippen LogP contribution in [0.1, 0.15) is 23.6 Å². The highest BCUT2D eigenvalue weighted by molar-refractivity contribution is 5.89. The zero-order valence-electron chi connectivity index (χ0n) is 10.4. The molecule has 0 saturated carbocycles. The van der Waals surface area contributed by atoms with Crippen LogP contribution in [0.3, 0.4) is 0 Å². The minimum Gasteiger partial charge on any atom is -0.310 e. The predicted octanol–water partition coefficient (Wildman–Crippen LogP) is 3.28. The van der Waals surface area contributed by atoms with E-state index < -0.39 is 0 Å². The lowest BCUT2D eigenvalue weighted by Gasteiger charge is -1.99. The van der Waals surface area contributed by atoms with E-state index in [0.29, 0.717) is 6.42 Å². The van der Waals surface area contributed by atoms with E-state index in [2.05, 4.69) is 42.5 Å². The van der Waals surface area contributed by atoms with Gasteiger partial charge in [-0.15, -0.1) is 0 Å². The number of ketones is 1. The monoisotopic (exact) mass is 225 g/mol. The maximum absolute atomic E-state index is 11.4. The number of carbonyl (C=O) groups is 1. The molecule has 0 aliphatic carbocycles. The summed E-state index contributed by atoms with van der Waals surface area (Å²) in [7, 11) is 0. The van der Waals surface area contributed by atoms with Crippen molar-refractivity contribution >= 4 is 22.3 Å². The Labute approximate surface area is 100 Å². The number of aromatic nitrogens is 1. The molecule has 3 rings (SSSR count). The van der Waals surface area contributed by atoms with Crippen molar-refractivity contribution in [3.8, 4) is 0 Å². The van der Waals surface area contributed by atoms with E-state index in [0.717, 1.165) is 0 Å². The Morgan fingerprint density at radius 1 is 1.29 bits per heavy atom. The highest BCUT2D eigenvalue weighted by Gasteiger charge is 2.17. The molecule has 0 amide bonds. The molecule has 2 heteroatoms. The second kappa shape index (κ2) is 3.33. The average molecular weight is 225 g/mol. The van der Waals surface area contributed by atoms with E-state index >= 15 is 0 Å². The lowest BCUT2D eigenvalue weighted by Crippen LogP contribution is -1.97. The number of Topliss-reactive ketones (excluding diaryl/α,β-unsaturated/α-hetero) is 1. The van der Waals surface area contributed by atoms with Gasteiger partial charge in [0.15, 0.2) is 0 Å². The van der Waals surface area contributed by atoms with Gasteiger partial charge in [-0.25, -0.2) is 0 Å². The SMILES string of the molecule is CC(=O)Cc1c(C)c2c(C)cc3cccc1n32. The number of rotatable bonds is 2. The molecule has 17 heavy (non-hydrogen) atoms. The molecule has 0 N–H and O–H groups in total. The molecule has 0 aliphatic rings. The van der Waals surface area contributed by atoms with Crippen LogP contribution in [0.25, 0.3) is 16.6 Å². The summed E-state index contributed by atoms with van der Waals surface area (Å²) in [6.45, 7) is 5.90. The summed E-state index contributed by atoms with van der Waals surface area (Å²) in [6, 6.07) is 8.48. The van der Waals surface area contributed by atoms with E-state index in [4.69, 9.17) is 0 Å². The summed E-state index contributed by atoms with van der Waals surface area (Å²) in [5.41, 5.74) is 7.38. The fourth-order valence-corrected chi connectivity index (χ4v) is 2.86. The summed E-state index contributed by atoms with van der Waals surface area (Å²) in [4.78, 5) is 11.4. The fraction of sp³-hybridized carbons (Fsp3) is 0.267. The minimum absolute atomic E-state index is 0.222. The molecule has 0 radical (unpaired) electrons. The third kappa shape index (κ3) is 1.30. The van der Waals surface area contributed by atoms with Gasteiger partial charge < -0.3 is 4.40 Å². The third-order valence-electron chi connectivity index (χ3n) is 3.52. The largest absolute Gasteiger partial charge is 0.310 e. The van der Waals surface area contributed by atoms with Crippen LogP contribution in [0.15, 0.2) is 24.3 Å².